The van der Waals surface area contributed by atoms with Crippen LogP contribution in [-0.2, 0) is 0 Å². The fraction of sp³-hybridized carbons (Fsp3) is 0.412. The van der Waals surface area contributed by atoms with Crippen molar-refractivity contribution in [3.05, 3.63) is 42.1 Å². The Labute approximate surface area is 130 Å². The van der Waals surface area contributed by atoms with Crippen LogP contribution in [0.2, 0.25) is 0 Å². The van der Waals surface area contributed by atoms with Crippen molar-refractivity contribution in [2.75, 3.05) is 13.1 Å². The summed E-state index contributed by atoms with van der Waals surface area (Å²) in [6.07, 6.45) is 3.58. The van der Waals surface area contributed by atoms with Gasteiger partial charge in [-0.25, -0.2) is 0 Å². The van der Waals surface area contributed by atoms with Gasteiger partial charge in [-0.3, -0.25) is 9.89 Å². The molecule has 2 heterocycles. The summed E-state index contributed by atoms with van der Waals surface area (Å²) in [5.74, 6) is 0.567. The van der Waals surface area contributed by atoms with Gasteiger partial charge in [0.1, 0.15) is 0 Å². The molecular formula is C17H22N4O. The summed E-state index contributed by atoms with van der Waals surface area (Å²) in [5.41, 5.74) is 8.38. The fourth-order valence-corrected chi connectivity index (χ4v) is 3.07. The number of likely N-dealkylation sites (tertiary alicyclic amines) is 1. The molecule has 1 unspecified atom stereocenters. The molecule has 2 aromatic rings. The van der Waals surface area contributed by atoms with E-state index in [1.54, 1.807) is 6.20 Å². The maximum Gasteiger partial charge on any atom is 0.257 e. The SMILES string of the molecule is CC(N)C1CCN(C(=O)c2cn[nH]c2-c2ccccc2)CC1. The molecule has 5 heteroatoms. The lowest BCUT2D eigenvalue weighted by Crippen LogP contribution is -2.42. The van der Waals surface area contributed by atoms with Gasteiger partial charge in [-0.1, -0.05) is 30.3 Å². The van der Waals surface area contributed by atoms with Gasteiger partial charge in [0.15, 0.2) is 0 Å². The van der Waals surface area contributed by atoms with E-state index in [9.17, 15) is 4.79 Å². The number of nitrogens with two attached hydrogens (primary N) is 1. The van der Waals surface area contributed by atoms with E-state index in [1.807, 2.05) is 42.2 Å². The van der Waals surface area contributed by atoms with Crippen LogP contribution in [-0.4, -0.2) is 40.1 Å². The van der Waals surface area contributed by atoms with Gasteiger partial charge in [0, 0.05) is 24.7 Å². The highest BCUT2D eigenvalue weighted by Gasteiger charge is 2.27. The number of hydrogen-bond donors (Lipinski definition) is 2. The van der Waals surface area contributed by atoms with Crippen molar-refractivity contribution in [1.29, 1.82) is 0 Å². The summed E-state index contributed by atoms with van der Waals surface area (Å²) in [5, 5.41) is 7.02. The number of amides is 1. The summed E-state index contributed by atoms with van der Waals surface area (Å²) in [4.78, 5) is 14.7. The highest BCUT2D eigenvalue weighted by atomic mass is 16.2. The first kappa shape index (κ1) is 14.8. The Morgan fingerprint density at radius 1 is 1.32 bits per heavy atom. The van der Waals surface area contributed by atoms with E-state index in [0.29, 0.717) is 11.5 Å². The summed E-state index contributed by atoms with van der Waals surface area (Å²) in [7, 11) is 0. The number of aromatic amines is 1. The molecule has 1 aromatic heterocycles. The number of rotatable bonds is 3. The highest BCUT2D eigenvalue weighted by Crippen LogP contribution is 2.25. The van der Waals surface area contributed by atoms with E-state index >= 15 is 0 Å². The summed E-state index contributed by atoms with van der Waals surface area (Å²) >= 11 is 0. The first-order valence-electron chi connectivity index (χ1n) is 7.80. The van der Waals surface area contributed by atoms with Crippen molar-refractivity contribution >= 4 is 5.91 Å². The predicted molar refractivity (Wildman–Crippen MR) is 86.3 cm³/mol. The lowest BCUT2D eigenvalue weighted by Gasteiger charge is -2.33. The molecule has 1 aliphatic heterocycles. The zero-order valence-corrected chi connectivity index (χ0v) is 12.8. The molecule has 116 valence electrons. The van der Waals surface area contributed by atoms with Gasteiger partial charge in [0.25, 0.3) is 5.91 Å². The van der Waals surface area contributed by atoms with Crippen molar-refractivity contribution in [2.45, 2.75) is 25.8 Å². The zero-order chi connectivity index (χ0) is 15.5. The normalized spacial score (nSPS) is 17.5. The molecule has 0 bridgehead atoms. The molecule has 5 nitrogen and oxygen atoms in total. The van der Waals surface area contributed by atoms with Gasteiger partial charge in [-0.05, 0) is 25.7 Å². The molecule has 0 aliphatic carbocycles. The monoisotopic (exact) mass is 298 g/mol. The largest absolute Gasteiger partial charge is 0.339 e. The van der Waals surface area contributed by atoms with E-state index in [1.165, 1.54) is 0 Å². The van der Waals surface area contributed by atoms with E-state index in [4.69, 9.17) is 5.73 Å². The third-order valence-corrected chi connectivity index (χ3v) is 4.50. The Bertz CT molecular complexity index is 627. The molecule has 0 radical (unpaired) electrons. The number of nitrogens with one attached hydrogen (secondary N) is 1. The Hall–Kier alpha value is -2.14. The van der Waals surface area contributed by atoms with Crippen LogP contribution in [0.4, 0.5) is 0 Å². The molecule has 1 aliphatic rings. The van der Waals surface area contributed by atoms with Gasteiger partial charge in [0.2, 0.25) is 0 Å². The summed E-state index contributed by atoms with van der Waals surface area (Å²) < 4.78 is 0. The van der Waals surface area contributed by atoms with Gasteiger partial charge in [-0.2, -0.15) is 5.10 Å². The second-order valence-corrected chi connectivity index (χ2v) is 6.01. The average molecular weight is 298 g/mol. The molecule has 3 N–H and O–H groups in total. The van der Waals surface area contributed by atoms with Gasteiger partial charge < -0.3 is 10.6 Å². The number of piperidine rings is 1. The molecule has 22 heavy (non-hydrogen) atoms. The van der Waals surface area contributed by atoms with Crippen LogP contribution in [0, 0.1) is 5.92 Å². The third-order valence-electron chi connectivity index (χ3n) is 4.50. The van der Waals surface area contributed by atoms with E-state index in [-0.39, 0.29) is 11.9 Å². The molecule has 1 fully saturated rings. The molecule has 1 atom stereocenters. The average Bonchev–Trinajstić information content (AvgIpc) is 3.04. The number of aromatic nitrogens is 2. The summed E-state index contributed by atoms with van der Waals surface area (Å²) in [6, 6.07) is 10.0. The van der Waals surface area contributed by atoms with Crippen LogP contribution in [0.25, 0.3) is 11.3 Å². The van der Waals surface area contributed by atoms with Crippen molar-refractivity contribution in [2.24, 2.45) is 11.7 Å². The van der Waals surface area contributed by atoms with Crippen LogP contribution in [0.3, 0.4) is 0 Å². The molecule has 3 rings (SSSR count). The zero-order valence-electron chi connectivity index (χ0n) is 12.8. The minimum atomic E-state index is 0.0516. The Morgan fingerprint density at radius 2 is 2.00 bits per heavy atom. The molecule has 0 spiro atoms. The molecular weight excluding hydrogens is 276 g/mol. The van der Waals surface area contributed by atoms with Crippen LogP contribution in [0.5, 0.6) is 0 Å². The molecule has 1 amide bonds. The van der Waals surface area contributed by atoms with Crippen LogP contribution in [0.15, 0.2) is 36.5 Å². The van der Waals surface area contributed by atoms with Gasteiger partial charge in [0.05, 0.1) is 17.5 Å². The van der Waals surface area contributed by atoms with Gasteiger partial charge >= 0.3 is 0 Å². The lowest BCUT2D eigenvalue weighted by atomic mass is 9.90. The Kier molecular flexibility index (Phi) is 4.24. The molecule has 0 saturated carbocycles. The second-order valence-electron chi connectivity index (χ2n) is 6.01. The van der Waals surface area contributed by atoms with Crippen molar-refractivity contribution < 1.29 is 4.79 Å². The minimum absolute atomic E-state index is 0.0516. The maximum absolute atomic E-state index is 12.8. The quantitative estimate of drug-likeness (QED) is 0.913. The predicted octanol–water partition coefficient (Wildman–Crippen LogP) is 2.28. The standard InChI is InChI=1S/C17H22N4O/c1-12(18)13-7-9-21(10-8-13)17(22)15-11-19-20-16(15)14-5-3-2-4-6-14/h2-6,11-13H,7-10,18H2,1H3,(H,19,20). The molecule has 1 saturated heterocycles. The number of H-pyrrole nitrogens is 1. The maximum atomic E-state index is 12.8. The van der Waals surface area contributed by atoms with Crippen molar-refractivity contribution in [1.82, 2.24) is 15.1 Å². The number of benzene rings is 1. The topological polar surface area (TPSA) is 75.0 Å². The third kappa shape index (κ3) is 2.90. The smallest absolute Gasteiger partial charge is 0.257 e. The van der Waals surface area contributed by atoms with Crippen LogP contribution in [0.1, 0.15) is 30.1 Å². The summed E-state index contributed by atoms with van der Waals surface area (Å²) in [6.45, 7) is 3.58. The first-order chi connectivity index (χ1) is 10.7. The van der Waals surface area contributed by atoms with Crippen molar-refractivity contribution in [3.63, 3.8) is 0 Å². The van der Waals surface area contributed by atoms with Crippen LogP contribution >= 0.6 is 0 Å². The first-order valence-corrected chi connectivity index (χ1v) is 7.80. The highest BCUT2D eigenvalue weighted by molar-refractivity contribution is 5.99. The lowest BCUT2D eigenvalue weighted by molar-refractivity contribution is 0.0682. The Balaban J connectivity index is 1.76. The number of hydrogen-bond acceptors (Lipinski definition) is 3. The molecule has 1 aromatic carbocycles. The van der Waals surface area contributed by atoms with E-state index < -0.39 is 0 Å². The van der Waals surface area contributed by atoms with E-state index in [0.717, 1.165) is 37.2 Å². The fourth-order valence-electron chi connectivity index (χ4n) is 3.07. The second kappa shape index (κ2) is 6.32. The minimum Gasteiger partial charge on any atom is -0.339 e. The number of carbonyl (C=O) groups excluding carboxylic acids is 1. The van der Waals surface area contributed by atoms with Crippen LogP contribution < -0.4 is 5.73 Å². The van der Waals surface area contributed by atoms with Gasteiger partial charge in [-0.15, -0.1) is 0 Å². The number of nitrogens with zero attached hydrogens (tertiary/aromatic N) is 2. The number of carbonyl (C=O) groups is 1. The van der Waals surface area contributed by atoms with E-state index in [2.05, 4.69) is 10.2 Å². The van der Waals surface area contributed by atoms with Crippen molar-refractivity contribution in [3.8, 4) is 11.3 Å². The Morgan fingerprint density at radius 3 is 2.64 bits per heavy atom.